The molecule has 5 nitrogen and oxygen atoms in total. The van der Waals surface area contributed by atoms with Gasteiger partial charge in [0.05, 0.1) is 11.8 Å². The van der Waals surface area contributed by atoms with Crippen LogP contribution >= 0.6 is 0 Å². The third-order valence-corrected chi connectivity index (χ3v) is 5.68. The quantitative estimate of drug-likeness (QED) is 0.815. The Balaban J connectivity index is 1.56. The number of amides is 2. The number of carboxylic acid groups (broad SMARTS) is 1. The molecule has 1 spiro atoms. The van der Waals surface area contributed by atoms with E-state index < -0.39 is 36.6 Å². The van der Waals surface area contributed by atoms with E-state index in [0.717, 1.165) is 30.6 Å². The minimum Gasteiger partial charge on any atom is -0.481 e. The lowest BCUT2D eigenvalue weighted by Crippen LogP contribution is -2.45. The van der Waals surface area contributed by atoms with Gasteiger partial charge in [-0.05, 0) is 43.9 Å². The Kier molecular flexibility index (Phi) is 3.96. The Hall–Kier alpha value is -1.47. The normalized spacial score (nSPS) is 30.5. The van der Waals surface area contributed by atoms with Gasteiger partial charge < -0.3 is 15.3 Å². The molecule has 2 amide bonds. The van der Waals surface area contributed by atoms with Crippen LogP contribution in [-0.4, -0.2) is 47.3 Å². The molecule has 130 valence electrons. The molecule has 2 aliphatic carbocycles. The van der Waals surface area contributed by atoms with Gasteiger partial charge in [-0.2, -0.15) is 13.2 Å². The Morgan fingerprint density at radius 2 is 1.70 bits per heavy atom. The van der Waals surface area contributed by atoms with Crippen LogP contribution in [0.1, 0.15) is 38.5 Å². The number of nitrogens with one attached hydrogen (secondary N) is 1. The van der Waals surface area contributed by atoms with E-state index >= 15 is 0 Å². The summed E-state index contributed by atoms with van der Waals surface area (Å²) in [5.74, 6) is -5.08. The van der Waals surface area contributed by atoms with Crippen LogP contribution in [0.25, 0.3) is 0 Å². The monoisotopic (exact) mass is 334 g/mol. The van der Waals surface area contributed by atoms with Crippen LogP contribution in [0.4, 0.5) is 18.0 Å². The third-order valence-electron chi connectivity index (χ3n) is 5.68. The van der Waals surface area contributed by atoms with E-state index in [-0.39, 0.29) is 12.6 Å². The molecule has 0 aromatic heterocycles. The van der Waals surface area contributed by atoms with Crippen molar-refractivity contribution < 1.29 is 27.9 Å². The predicted molar refractivity (Wildman–Crippen MR) is 74.7 cm³/mol. The van der Waals surface area contributed by atoms with Crippen molar-refractivity contribution in [3.8, 4) is 0 Å². The maximum absolute atomic E-state index is 12.9. The van der Waals surface area contributed by atoms with Crippen molar-refractivity contribution in [1.29, 1.82) is 0 Å². The number of nitrogens with zero attached hydrogens (tertiary/aromatic N) is 1. The van der Waals surface area contributed by atoms with Gasteiger partial charge in [0.1, 0.15) is 0 Å². The van der Waals surface area contributed by atoms with Crippen LogP contribution in [0.15, 0.2) is 0 Å². The summed E-state index contributed by atoms with van der Waals surface area (Å²) in [5, 5.41) is 11.8. The van der Waals surface area contributed by atoms with Crippen LogP contribution in [0.3, 0.4) is 0 Å². The lowest BCUT2D eigenvalue weighted by Gasteiger charge is -2.30. The van der Waals surface area contributed by atoms with Crippen molar-refractivity contribution in [3.05, 3.63) is 0 Å². The van der Waals surface area contributed by atoms with Gasteiger partial charge in [0, 0.05) is 19.1 Å². The first kappa shape index (κ1) is 16.4. The molecular formula is C15H21F3N2O3. The smallest absolute Gasteiger partial charge is 0.394 e. The van der Waals surface area contributed by atoms with E-state index in [1.54, 1.807) is 0 Å². The molecule has 2 N–H and O–H groups in total. The fourth-order valence-electron chi connectivity index (χ4n) is 3.87. The highest BCUT2D eigenvalue weighted by molar-refractivity contribution is 5.78. The van der Waals surface area contributed by atoms with Gasteiger partial charge >= 0.3 is 18.2 Å². The number of aliphatic carboxylic acids is 1. The minimum absolute atomic E-state index is 0.0121. The number of urea groups is 1. The number of halogens is 3. The molecule has 0 unspecified atom stereocenters. The Morgan fingerprint density at radius 3 is 2.13 bits per heavy atom. The summed E-state index contributed by atoms with van der Waals surface area (Å²) < 4.78 is 38.8. The molecule has 23 heavy (non-hydrogen) atoms. The van der Waals surface area contributed by atoms with Crippen LogP contribution < -0.4 is 5.32 Å². The van der Waals surface area contributed by atoms with Crippen molar-refractivity contribution in [3.63, 3.8) is 0 Å². The molecule has 0 aromatic carbocycles. The first-order valence-corrected chi connectivity index (χ1v) is 8.05. The number of carboxylic acids is 1. The second-order valence-corrected chi connectivity index (χ2v) is 7.22. The molecule has 0 aromatic rings. The van der Waals surface area contributed by atoms with Crippen LogP contribution in [-0.2, 0) is 4.79 Å². The summed E-state index contributed by atoms with van der Waals surface area (Å²) in [6, 6.07) is -0.582. The number of likely N-dealkylation sites (tertiary alicyclic amines) is 1. The van der Waals surface area contributed by atoms with Crippen LogP contribution in [0, 0.1) is 17.3 Å². The second-order valence-electron chi connectivity index (χ2n) is 7.22. The summed E-state index contributed by atoms with van der Waals surface area (Å²) in [6.07, 6.45) is 1.69. The molecule has 1 aliphatic heterocycles. The van der Waals surface area contributed by atoms with Gasteiger partial charge in [0.2, 0.25) is 0 Å². The minimum atomic E-state index is -4.61. The van der Waals surface area contributed by atoms with E-state index in [2.05, 4.69) is 5.32 Å². The van der Waals surface area contributed by atoms with E-state index in [1.807, 2.05) is 0 Å². The number of carbonyl (C=O) groups is 2. The van der Waals surface area contributed by atoms with Crippen molar-refractivity contribution in [1.82, 2.24) is 10.2 Å². The molecular weight excluding hydrogens is 313 g/mol. The van der Waals surface area contributed by atoms with Gasteiger partial charge in [-0.3, -0.25) is 4.79 Å². The topological polar surface area (TPSA) is 69.6 Å². The second kappa shape index (κ2) is 5.56. The molecule has 2 saturated carbocycles. The lowest BCUT2D eigenvalue weighted by molar-refractivity contribution is -0.187. The van der Waals surface area contributed by atoms with Crippen molar-refractivity contribution >= 4 is 12.0 Å². The first-order chi connectivity index (χ1) is 10.7. The van der Waals surface area contributed by atoms with Gasteiger partial charge in [-0.1, -0.05) is 0 Å². The predicted octanol–water partition coefficient (Wildman–Crippen LogP) is 2.61. The molecule has 3 rings (SSSR count). The fraction of sp³-hybridized carbons (Fsp3) is 0.867. The SMILES string of the molecule is O=C(O)[C@@H]1CN(C(=O)NC2CCC3(CC2)CC3)C[C@H]1C(F)(F)F. The van der Waals surface area contributed by atoms with E-state index in [9.17, 15) is 22.8 Å². The van der Waals surface area contributed by atoms with Crippen LogP contribution in [0.5, 0.6) is 0 Å². The zero-order valence-electron chi connectivity index (χ0n) is 12.7. The summed E-state index contributed by atoms with van der Waals surface area (Å²) in [4.78, 5) is 24.2. The zero-order chi connectivity index (χ0) is 16.8. The molecule has 0 bridgehead atoms. The number of hydrogen-bond donors (Lipinski definition) is 2. The van der Waals surface area contributed by atoms with E-state index in [4.69, 9.17) is 5.11 Å². The van der Waals surface area contributed by atoms with Gasteiger partial charge in [0.25, 0.3) is 0 Å². The maximum atomic E-state index is 12.9. The molecule has 1 heterocycles. The number of alkyl halides is 3. The average Bonchev–Trinajstić information content (AvgIpc) is 3.04. The number of rotatable bonds is 2. The standard InChI is InChI=1S/C15H21F3N2O3/c16-15(17,18)11-8-20(7-10(11)12(21)22)13(23)19-9-1-3-14(4-2-9)5-6-14/h9-11H,1-8H2,(H,19,23)(H,21,22)/t10-,11-/m1/s1. The number of hydrogen-bond acceptors (Lipinski definition) is 2. The van der Waals surface area contributed by atoms with Gasteiger partial charge in [-0.25, -0.2) is 4.79 Å². The molecule has 3 aliphatic rings. The highest BCUT2D eigenvalue weighted by Crippen LogP contribution is 2.56. The summed E-state index contributed by atoms with van der Waals surface area (Å²) in [6.45, 7) is -0.967. The molecule has 0 radical (unpaired) electrons. The van der Waals surface area contributed by atoms with Crippen molar-refractivity contribution in [2.75, 3.05) is 13.1 Å². The Bertz CT molecular complexity index is 495. The summed E-state index contributed by atoms with van der Waals surface area (Å²) in [5.41, 5.74) is 0.477. The van der Waals surface area contributed by atoms with Crippen LogP contribution in [0.2, 0.25) is 0 Å². The Morgan fingerprint density at radius 1 is 1.09 bits per heavy atom. The summed E-state index contributed by atoms with van der Waals surface area (Å²) >= 11 is 0. The molecule has 2 atom stereocenters. The fourth-order valence-corrected chi connectivity index (χ4v) is 3.87. The third kappa shape index (κ3) is 3.40. The number of carbonyl (C=O) groups excluding carboxylic acids is 1. The molecule has 3 fully saturated rings. The molecule has 1 saturated heterocycles. The highest BCUT2D eigenvalue weighted by atomic mass is 19.4. The Labute approximate surface area is 132 Å². The average molecular weight is 334 g/mol. The van der Waals surface area contributed by atoms with Gasteiger partial charge in [-0.15, -0.1) is 0 Å². The van der Waals surface area contributed by atoms with Gasteiger partial charge in [0.15, 0.2) is 0 Å². The van der Waals surface area contributed by atoms with E-state index in [0.29, 0.717) is 5.41 Å². The lowest BCUT2D eigenvalue weighted by atomic mass is 9.83. The highest BCUT2D eigenvalue weighted by Gasteiger charge is 2.53. The first-order valence-electron chi connectivity index (χ1n) is 8.05. The van der Waals surface area contributed by atoms with E-state index in [1.165, 1.54) is 12.8 Å². The van der Waals surface area contributed by atoms with Crippen molar-refractivity contribution in [2.45, 2.75) is 50.7 Å². The maximum Gasteiger partial charge on any atom is 0.394 e. The summed E-state index contributed by atoms with van der Waals surface area (Å²) in [7, 11) is 0. The zero-order valence-corrected chi connectivity index (χ0v) is 12.7. The molecule has 8 heteroatoms. The van der Waals surface area contributed by atoms with Crippen molar-refractivity contribution in [2.24, 2.45) is 17.3 Å². The largest absolute Gasteiger partial charge is 0.481 e.